The highest BCUT2D eigenvalue weighted by atomic mass is 35.5. The van der Waals surface area contributed by atoms with Crippen LogP contribution in [0.2, 0.25) is 5.02 Å². The molecule has 2 nitrogen and oxygen atoms in total. The molecule has 0 saturated heterocycles. The normalized spacial score (nSPS) is 10.0. The monoisotopic (exact) mass is 278 g/mol. The average Bonchev–Trinajstić information content (AvgIpc) is 2.41. The van der Waals surface area contributed by atoms with Gasteiger partial charge in [-0.1, -0.05) is 17.7 Å². The number of halogens is 3. The summed E-state index contributed by atoms with van der Waals surface area (Å²) in [6.07, 6.45) is 0. The van der Waals surface area contributed by atoms with Gasteiger partial charge in [-0.15, -0.1) is 0 Å². The predicted octanol–water partition coefficient (Wildman–Crippen LogP) is 4.10. The molecule has 0 atom stereocenters. The topological polar surface area (TPSA) is 35.8 Å². The van der Waals surface area contributed by atoms with Gasteiger partial charge in [-0.25, -0.2) is 8.78 Å². The molecule has 0 aliphatic carbocycles. The predicted molar refractivity (Wildman–Crippen MR) is 69.9 cm³/mol. The Balaban J connectivity index is 2.10. The minimum atomic E-state index is -0.545. The zero-order valence-electron chi connectivity index (χ0n) is 9.75. The van der Waals surface area contributed by atoms with E-state index in [1.165, 1.54) is 24.3 Å². The van der Waals surface area contributed by atoms with Crippen LogP contribution in [0.3, 0.4) is 0 Å². The average molecular weight is 279 g/mol. The Morgan fingerprint density at radius 2 is 1.84 bits per heavy atom. The van der Waals surface area contributed by atoms with Crippen LogP contribution in [0.5, 0.6) is 0 Å². The quantitative estimate of drug-likeness (QED) is 0.917. The van der Waals surface area contributed by atoms with E-state index in [2.05, 4.69) is 5.32 Å². The van der Waals surface area contributed by atoms with Crippen molar-refractivity contribution in [3.05, 3.63) is 64.2 Å². The largest absolute Gasteiger partial charge is 0.381 e. The zero-order chi connectivity index (χ0) is 13.8. The maximum atomic E-state index is 13.1. The van der Waals surface area contributed by atoms with Gasteiger partial charge in [0.25, 0.3) is 0 Å². The highest BCUT2D eigenvalue weighted by Crippen LogP contribution is 2.20. The lowest BCUT2D eigenvalue weighted by molar-refractivity contribution is 0.623. The fourth-order valence-corrected chi connectivity index (χ4v) is 1.76. The van der Waals surface area contributed by atoms with E-state index in [9.17, 15) is 8.78 Å². The van der Waals surface area contributed by atoms with Crippen molar-refractivity contribution in [2.45, 2.75) is 6.54 Å². The minimum Gasteiger partial charge on any atom is -0.381 e. The van der Waals surface area contributed by atoms with Gasteiger partial charge in [0.2, 0.25) is 0 Å². The van der Waals surface area contributed by atoms with Gasteiger partial charge in [0.15, 0.2) is 0 Å². The minimum absolute atomic E-state index is 0.00330. The summed E-state index contributed by atoms with van der Waals surface area (Å²) in [5.74, 6) is -1.03. The lowest BCUT2D eigenvalue weighted by atomic mass is 10.1. The Morgan fingerprint density at radius 1 is 1.11 bits per heavy atom. The Labute approximate surface area is 114 Å². The van der Waals surface area contributed by atoms with Gasteiger partial charge >= 0.3 is 0 Å². The Kier molecular flexibility index (Phi) is 3.98. The Morgan fingerprint density at radius 3 is 2.53 bits per heavy atom. The number of rotatable bonds is 3. The van der Waals surface area contributed by atoms with Crippen LogP contribution in [-0.2, 0) is 6.54 Å². The van der Waals surface area contributed by atoms with Crippen LogP contribution < -0.4 is 5.32 Å². The summed E-state index contributed by atoms with van der Waals surface area (Å²) in [6.45, 7) is 0.386. The summed E-state index contributed by atoms with van der Waals surface area (Å²) in [7, 11) is 0. The molecule has 96 valence electrons. The van der Waals surface area contributed by atoms with E-state index in [1.807, 2.05) is 0 Å². The first-order chi connectivity index (χ1) is 9.10. The fraction of sp³-hybridized carbons (Fsp3) is 0.0714. The highest BCUT2D eigenvalue weighted by molar-refractivity contribution is 6.31. The van der Waals surface area contributed by atoms with Crippen molar-refractivity contribution in [3.63, 3.8) is 0 Å². The molecule has 5 heteroatoms. The van der Waals surface area contributed by atoms with E-state index in [1.54, 1.807) is 18.2 Å². The third-order valence-electron chi connectivity index (χ3n) is 2.57. The molecule has 2 rings (SSSR count). The number of hydrogen-bond donors (Lipinski definition) is 1. The van der Waals surface area contributed by atoms with Gasteiger partial charge in [0.05, 0.1) is 10.6 Å². The van der Waals surface area contributed by atoms with Crippen LogP contribution >= 0.6 is 11.6 Å². The van der Waals surface area contributed by atoms with Crippen molar-refractivity contribution in [3.8, 4) is 6.07 Å². The molecule has 0 spiro atoms. The molecule has 0 fully saturated rings. The van der Waals surface area contributed by atoms with Crippen molar-refractivity contribution in [1.82, 2.24) is 0 Å². The summed E-state index contributed by atoms with van der Waals surface area (Å²) in [4.78, 5) is 0. The summed E-state index contributed by atoms with van der Waals surface area (Å²) < 4.78 is 26.1. The molecule has 0 unspecified atom stereocenters. The van der Waals surface area contributed by atoms with Gasteiger partial charge < -0.3 is 5.32 Å². The smallest absolute Gasteiger partial charge is 0.141 e. The second-order valence-corrected chi connectivity index (χ2v) is 4.32. The van der Waals surface area contributed by atoms with Crippen LogP contribution in [0.25, 0.3) is 0 Å². The van der Waals surface area contributed by atoms with E-state index in [4.69, 9.17) is 16.9 Å². The standard InChI is InChI=1S/C14H9ClF2N2/c15-12-6-11(2-4-14(12)17)19-8-9-1-3-13(16)10(5-9)7-18/h1-6,19H,8H2. The Hall–Kier alpha value is -2.12. The molecule has 0 aliphatic heterocycles. The van der Waals surface area contributed by atoms with Crippen LogP contribution in [0.4, 0.5) is 14.5 Å². The maximum Gasteiger partial charge on any atom is 0.141 e. The lowest BCUT2D eigenvalue weighted by Crippen LogP contribution is -2.00. The molecule has 2 aromatic carbocycles. The molecule has 2 aromatic rings. The van der Waals surface area contributed by atoms with Crippen LogP contribution in [0.1, 0.15) is 11.1 Å². The first-order valence-corrected chi connectivity index (χ1v) is 5.85. The number of hydrogen-bond acceptors (Lipinski definition) is 2. The van der Waals surface area contributed by atoms with Gasteiger partial charge in [-0.2, -0.15) is 5.26 Å². The van der Waals surface area contributed by atoms with E-state index >= 15 is 0 Å². The molecule has 0 aromatic heterocycles. The zero-order valence-corrected chi connectivity index (χ0v) is 10.5. The number of nitrogens with zero attached hydrogens (tertiary/aromatic N) is 1. The number of anilines is 1. The molecule has 0 radical (unpaired) electrons. The van der Waals surface area contributed by atoms with Crippen molar-refractivity contribution in [2.24, 2.45) is 0 Å². The SMILES string of the molecule is N#Cc1cc(CNc2ccc(F)c(Cl)c2)ccc1F. The molecular formula is C14H9ClF2N2. The van der Waals surface area contributed by atoms with Crippen LogP contribution in [-0.4, -0.2) is 0 Å². The van der Waals surface area contributed by atoms with Crippen molar-refractivity contribution >= 4 is 17.3 Å². The summed E-state index contributed by atoms with van der Waals surface area (Å²) in [6, 6.07) is 10.3. The first-order valence-electron chi connectivity index (χ1n) is 5.47. The van der Waals surface area contributed by atoms with Gasteiger partial charge in [-0.05, 0) is 35.9 Å². The summed E-state index contributed by atoms with van der Waals surface area (Å²) in [5, 5.41) is 11.8. The van der Waals surface area contributed by atoms with Gasteiger partial charge in [0, 0.05) is 12.2 Å². The summed E-state index contributed by atoms with van der Waals surface area (Å²) >= 11 is 5.66. The summed E-state index contributed by atoms with van der Waals surface area (Å²) in [5.41, 5.74) is 1.39. The third-order valence-corrected chi connectivity index (χ3v) is 2.86. The van der Waals surface area contributed by atoms with Crippen LogP contribution in [0.15, 0.2) is 36.4 Å². The molecule has 19 heavy (non-hydrogen) atoms. The lowest BCUT2D eigenvalue weighted by Gasteiger charge is -2.07. The fourth-order valence-electron chi connectivity index (χ4n) is 1.58. The number of nitriles is 1. The maximum absolute atomic E-state index is 13.1. The first kappa shape index (κ1) is 13.3. The van der Waals surface area contributed by atoms with E-state index in [0.29, 0.717) is 12.2 Å². The molecule has 0 heterocycles. The van der Waals surface area contributed by atoms with Crippen molar-refractivity contribution < 1.29 is 8.78 Å². The Bertz CT molecular complexity index is 650. The van der Waals surface area contributed by atoms with E-state index in [0.717, 1.165) is 5.56 Å². The molecule has 0 aliphatic rings. The molecule has 1 N–H and O–H groups in total. The van der Waals surface area contributed by atoms with E-state index in [-0.39, 0.29) is 10.6 Å². The van der Waals surface area contributed by atoms with Crippen molar-refractivity contribution in [1.29, 1.82) is 5.26 Å². The molecular weight excluding hydrogens is 270 g/mol. The number of nitrogens with one attached hydrogen (secondary N) is 1. The molecule has 0 saturated carbocycles. The second kappa shape index (κ2) is 5.68. The second-order valence-electron chi connectivity index (χ2n) is 3.91. The number of benzene rings is 2. The molecule has 0 amide bonds. The van der Waals surface area contributed by atoms with Crippen molar-refractivity contribution in [2.75, 3.05) is 5.32 Å². The van der Waals surface area contributed by atoms with Crippen LogP contribution in [0, 0.1) is 23.0 Å². The van der Waals surface area contributed by atoms with Gasteiger partial charge in [-0.3, -0.25) is 0 Å². The van der Waals surface area contributed by atoms with Gasteiger partial charge in [0.1, 0.15) is 17.7 Å². The third kappa shape index (κ3) is 3.21. The van der Waals surface area contributed by atoms with E-state index < -0.39 is 11.6 Å². The molecule has 0 bridgehead atoms. The highest BCUT2D eigenvalue weighted by Gasteiger charge is 2.04.